The molecule has 10 nitrogen and oxygen atoms in total. The lowest BCUT2D eigenvalue weighted by atomic mass is 10.2. The number of imidazole rings is 1. The summed E-state index contributed by atoms with van der Waals surface area (Å²) in [6.07, 6.45) is 0.864. The normalized spacial score (nSPS) is 11.7. The molecule has 2 heterocycles. The highest BCUT2D eigenvalue weighted by Crippen LogP contribution is 2.36. The van der Waals surface area contributed by atoms with Crippen LogP contribution in [0.4, 0.5) is 5.69 Å². The van der Waals surface area contributed by atoms with Crippen LogP contribution in [0.15, 0.2) is 52.3 Å². The molecular weight excluding hydrogens is 458 g/mol. The molecule has 0 bridgehead atoms. The molecule has 2 aromatic carbocycles. The van der Waals surface area contributed by atoms with Crippen LogP contribution in [0.5, 0.6) is 17.2 Å². The number of aryl methyl sites for hydroxylation is 4. The van der Waals surface area contributed by atoms with Gasteiger partial charge in [-0.2, -0.15) is 13.5 Å². The topological polar surface area (TPSA) is 109 Å². The molecule has 1 N–H and O–H groups in total. The first kappa shape index (κ1) is 23.4. The molecule has 0 unspecified atom stereocenters. The van der Waals surface area contributed by atoms with Gasteiger partial charge in [0.15, 0.2) is 10.8 Å². The van der Waals surface area contributed by atoms with Crippen molar-refractivity contribution in [3.05, 3.63) is 58.6 Å². The molecule has 0 fully saturated rings. The van der Waals surface area contributed by atoms with Crippen molar-refractivity contribution >= 4 is 26.7 Å². The summed E-state index contributed by atoms with van der Waals surface area (Å²) in [5, 5.41) is 4.13. The molecule has 0 saturated heterocycles. The minimum Gasteiger partial charge on any atom is -0.493 e. The van der Waals surface area contributed by atoms with Crippen molar-refractivity contribution in [3.63, 3.8) is 0 Å². The Labute approximate surface area is 197 Å². The molecule has 2 aromatic heterocycles. The second-order valence-electron chi connectivity index (χ2n) is 8.02. The Bertz CT molecular complexity index is 1530. The average molecular weight is 486 g/mol. The lowest BCUT2D eigenvalue weighted by Gasteiger charge is -2.15. The third-order valence-corrected chi connectivity index (χ3v) is 6.78. The van der Waals surface area contributed by atoms with Gasteiger partial charge in [-0.15, -0.1) is 0 Å². The Morgan fingerprint density at radius 3 is 2.32 bits per heavy atom. The predicted molar refractivity (Wildman–Crippen MR) is 129 cm³/mol. The fourth-order valence-corrected chi connectivity index (χ4v) is 4.97. The summed E-state index contributed by atoms with van der Waals surface area (Å²) < 4.78 is 45.0. The number of anilines is 1. The number of sulfonamides is 1. The van der Waals surface area contributed by atoms with E-state index in [1.165, 1.54) is 19.9 Å². The Balaban J connectivity index is 1.81. The smallest absolute Gasteiger partial charge is 0.328 e. The highest BCUT2D eigenvalue weighted by molar-refractivity contribution is 7.92. The van der Waals surface area contributed by atoms with Crippen LogP contribution >= 0.6 is 0 Å². The van der Waals surface area contributed by atoms with Gasteiger partial charge >= 0.3 is 5.69 Å². The quantitative estimate of drug-likeness (QED) is 0.410. The van der Waals surface area contributed by atoms with E-state index in [2.05, 4.69) is 9.82 Å². The van der Waals surface area contributed by atoms with Gasteiger partial charge in [0, 0.05) is 33.3 Å². The fourth-order valence-electron chi connectivity index (χ4n) is 3.70. The number of ether oxygens (including phenoxy) is 2. The van der Waals surface area contributed by atoms with Crippen LogP contribution in [0.2, 0.25) is 0 Å². The maximum absolute atomic E-state index is 13.2. The van der Waals surface area contributed by atoms with Crippen LogP contribution in [-0.2, 0) is 31.2 Å². The molecule has 0 saturated carbocycles. The zero-order valence-corrected chi connectivity index (χ0v) is 20.5. The van der Waals surface area contributed by atoms with Crippen molar-refractivity contribution in [3.8, 4) is 17.2 Å². The average Bonchev–Trinajstić information content (AvgIpc) is 3.24. The summed E-state index contributed by atoms with van der Waals surface area (Å²) in [4.78, 5) is 12.5. The van der Waals surface area contributed by atoms with Crippen LogP contribution in [0.25, 0.3) is 11.0 Å². The summed E-state index contributed by atoms with van der Waals surface area (Å²) in [5.41, 5.74) is 1.67. The highest BCUT2D eigenvalue weighted by atomic mass is 32.2. The van der Waals surface area contributed by atoms with E-state index in [0.29, 0.717) is 34.8 Å². The zero-order valence-electron chi connectivity index (χ0n) is 19.7. The Morgan fingerprint density at radius 2 is 1.68 bits per heavy atom. The number of rotatable bonds is 8. The molecule has 0 atom stereocenters. The Morgan fingerprint density at radius 1 is 1.00 bits per heavy atom. The molecule has 0 spiro atoms. The van der Waals surface area contributed by atoms with Crippen LogP contribution < -0.4 is 19.9 Å². The molecule has 0 aliphatic carbocycles. The van der Waals surface area contributed by atoms with Gasteiger partial charge in [-0.1, -0.05) is 13.0 Å². The van der Waals surface area contributed by atoms with Gasteiger partial charge in [0.05, 0.1) is 29.0 Å². The Hall–Kier alpha value is -3.73. The number of hydrogen-bond donors (Lipinski definition) is 1. The molecule has 0 radical (unpaired) electrons. The van der Waals surface area contributed by atoms with E-state index in [-0.39, 0.29) is 22.2 Å². The number of benzene rings is 2. The standard InChI is InChI=1S/C23H27N5O5S/c1-6-10-32-16-8-7-9-17(12-16)33-21-14-20-19(26(3)23(29)27(20)4)13-18(21)25-34(30,31)22-11-15(2)24-28(22)5/h7-9,11-14,25H,6,10H2,1-5H3. The largest absolute Gasteiger partial charge is 0.493 e. The number of hydrogen-bond acceptors (Lipinski definition) is 6. The second kappa shape index (κ2) is 8.90. The van der Waals surface area contributed by atoms with E-state index in [9.17, 15) is 13.2 Å². The first-order valence-corrected chi connectivity index (χ1v) is 12.2. The van der Waals surface area contributed by atoms with Crippen LogP contribution in [-0.4, -0.2) is 33.9 Å². The first-order chi connectivity index (χ1) is 16.1. The lowest BCUT2D eigenvalue weighted by Crippen LogP contribution is -2.19. The van der Waals surface area contributed by atoms with E-state index in [1.807, 2.05) is 13.0 Å². The van der Waals surface area contributed by atoms with E-state index < -0.39 is 10.0 Å². The zero-order chi connectivity index (χ0) is 24.6. The van der Waals surface area contributed by atoms with Gasteiger partial charge in [0.1, 0.15) is 11.5 Å². The van der Waals surface area contributed by atoms with Gasteiger partial charge in [-0.05, 0) is 37.6 Å². The van der Waals surface area contributed by atoms with Crippen molar-refractivity contribution in [2.24, 2.45) is 21.1 Å². The second-order valence-corrected chi connectivity index (χ2v) is 9.65. The minimum atomic E-state index is -3.99. The van der Waals surface area contributed by atoms with Gasteiger partial charge in [-0.3, -0.25) is 18.5 Å². The maximum Gasteiger partial charge on any atom is 0.328 e. The van der Waals surface area contributed by atoms with E-state index in [1.54, 1.807) is 58.4 Å². The minimum absolute atomic E-state index is 0.00737. The summed E-state index contributed by atoms with van der Waals surface area (Å²) in [5.74, 6) is 1.34. The van der Waals surface area contributed by atoms with E-state index in [0.717, 1.165) is 6.42 Å². The third-order valence-electron chi connectivity index (χ3n) is 5.36. The van der Waals surface area contributed by atoms with Crippen molar-refractivity contribution in [1.29, 1.82) is 0 Å². The molecular formula is C23H27N5O5S. The molecule has 34 heavy (non-hydrogen) atoms. The molecule has 0 amide bonds. The summed E-state index contributed by atoms with van der Waals surface area (Å²) >= 11 is 0. The molecule has 11 heteroatoms. The van der Waals surface area contributed by atoms with Gasteiger partial charge in [0.25, 0.3) is 10.0 Å². The van der Waals surface area contributed by atoms with Gasteiger partial charge in [0.2, 0.25) is 0 Å². The molecule has 0 aliphatic heterocycles. The SMILES string of the molecule is CCCOc1cccc(Oc2cc3c(cc2NS(=O)(=O)c2cc(C)nn2C)n(C)c(=O)n3C)c1. The molecule has 180 valence electrons. The van der Waals surface area contributed by atoms with E-state index >= 15 is 0 Å². The van der Waals surface area contributed by atoms with Gasteiger partial charge < -0.3 is 9.47 Å². The van der Waals surface area contributed by atoms with Crippen LogP contribution in [0.3, 0.4) is 0 Å². The number of nitrogens with one attached hydrogen (secondary N) is 1. The van der Waals surface area contributed by atoms with Crippen molar-refractivity contribution < 1.29 is 17.9 Å². The Kier molecular flexibility index (Phi) is 6.13. The number of fused-ring (bicyclic) bond motifs is 1. The van der Waals surface area contributed by atoms with Crippen molar-refractivity contribution in [1.82, 2.24) is 18.9 Å². The predicted octanol–water partition coefficient (Wildman–Crippen LogP) is 3.30. The third kappa shape index (κ3) is 4.38. The maximum atomic E-state index is 13.2. The van der Waals surface area contributed by atoms with Gasteiger partial charge in [-0.25, -0.2) is 4.79 Å². The van der Waals surface area contributed by atoms with Crippen molar-refractivity contribution in [2.75, 3.05) is 11.3 Å². The number of aromatic nitrogens is 4. The fraction of sp³-hybridized carbons (Fsp3) is 0.304. The molecule has 0 aliphatic rings. The highest BCUT2D eigenvalue weighted by Gasteiger charge is 2.23. The van der Waals surface area contributed by atoms with Crippen LogP contribution in [0, 0.1) is 6.92 Å². The summed E-state index contributed by atoms with van der Waals surface area (Å²) in [6, 6.07) is 11.8. The lowest BCUT2D eigenvalue weighted by molar-refractivity contribution is 0.316. The van der Waals surface area contributed by atoms with Crippen molar-refractivity contribution in [2.45, 2.75) is 25.3 Å². The first-order valence-electron chi connectivity index (χ1n) is 10.7. The molecule has 4 rings (SSSR count). The monoisotopic (exact) mass is 485 g/mol. The van der Waals surface area contributed by atoms with E-state index in [4.69, 9.17) is 9.47 Å². The number of nitrogens with zero attached hydrogens (tertiary/aromatic N) is 4. The summed E-state index contributed by atoms with van der Waals surface area (Å²) in [6.45, 7) is 4.30. The molecule has 4 aromatic rings. The summed E-state index contributed by atoms with van der Waals surface area (Å²) in [7, 11) is 0.845. The van der Waals surface area contributed by atoms with Crippen LogP contribution in [0.1, 0.15) is 19.0 Å².